The Balaban J connectivity index is 1.43. The van der Waals surface area contributed by atoms with Crippen LogP contribution in [-0.4, -0.2) is 37.7 Å². The number of allylic oxidation sites excluding steroid dienone is 1. The lowest BCUT2D eigenvalue weighted by molar-refractivity contribution is 0.148. The minimum atomic E-state index is 0.478. The minimum Gasteiger partial charge on any atom is -0.492 e. The van der Waals surface area contributed by atoms with E-state index in [1.165, 1.54) is 0 Å². The average molecular weight is 483 g/mol. The van der Waals surface area contributed by atoms with Gasteiger partial charge in [-0.15, -0.1) is 0 Å². The van der Waals surface area contributed by atoms with Crippen LogP contribution >= 0.6 is 0 Å². The largest absolute Gasteiger partial charge is 0.492 e. The van der Waals surface area contributed by atoms with Gasteiger partial charge in [0.05, 0.1) is 31.8 Å². The number of aromatic nitrogens is 5. The molecular weight excluding hydrogens is 452 g/mol. The number of nitrogens with zero attached hydrogens (tertiary/aromatic N) is 5. The molecule has 0 unspecified atom stereocenters. The lowest BCUT2D eigenvalue weighted by atomic mass is 10.1. The van der Waals surface area contributed by atoms with Crippen LogP contribution in [0.25, 0.3) is 11.3 Å². The molecule has 184 valence electrons. The molecule has 5 rings (SSSR count). The summed E-state index contributed by atoms with van der Waals surface area (Å²) in [7, 11) is 0. The summed E-state index contributed by atoms with van der Waals surface area (Å²) in [5.41, 5.74) is 5.88. The van der Waals surface area contributed by atoms with Crippen LogP contribution in [0.3, 0.4) is 0 Å². The SMILES string of the molecule is Cc1cnc2nc1-c1ccnc(c1)CCC/C=C/COCc1cc(cc(OCCn3ccnc3)c1)N2. The molecule has 4 heterocycles. The maximum Gasteiger partial charge on any atom is 0.227 e. The van der Waals surface area contributed by atoms with Gasteiger partial charge in [0.1, 0.15) is 12.4 Å². The maximum atomic E-state index is 6.07. The zero-order chi connectivity index (χ0) is 24.6. The molecule has 8 heteroatoms. The van der Waals surface area contributed by atoms with Gasteiger partial charge in [0.25, 0.3) is 0 Å². The van der Waals surface area contributed by atoms with E-state index in [9.17, 15) is 0 Å². The quantitative estimate of drug-likeness (QED) is 0.396. The molecule has 0 fully saturated rings. The summed E-state index contributed by atoms with van der Waals surface area (Å²) >= 11 is 0. The molecule has 0 aliphatic carbocycles. The number of hydrogen-bond donors (Lipinski definition) is 1. The standard InChI is InChI=1S/C28H30N6O2/c1-21-18-31-28-32-25-14-22(15-26(17-25)36-13-11-34-10-9-29-20-34)19-35-12-5-3-2-4-6-24-16-23(7-8-30-24)27(21)33-28/h3,5,7-10,14-18,20H,2,4,6,11-13,19H2,1H3,(H,31,32,33)/b5-3+. The van der Waals surface area contributed by atoms with Gasteiger partial charge in [0.15, 0.2) is 0 Å². The van der Waals surface area contributed by atoms with Crippen LogP contribution in [0.4, 0.5) is 11.6 Å². The molecule has 0 spiro atoms. The zero-order valence-electron chi connectivity index (χ0n) is 20.4. The molecule has 0 radical (unpaired) electrons. The Labute approximate surface area is 211 Å². The number of pyridine rings is 1. The van der Waals surface area contributed by atoms with Gasteiger partial charge in [0, 0.05) is 47.8 Å². The Morgan fingerprint density at radius 3 is 3.00 bits per heavy atom. The molecule has 36 heavy (non-hydrogen) atoms. The van der Waals surface area contributed by atoms with Gasteiger partial charge in [-0.2, -0.15) is 0 Å². The van der Waals surface area contributed by atoms with E-state index in [0.29, 0.717) is 32.3 Å². The van der Waals surface area contributed by atoms with Gasteiger partial charge in [-0.25, -0.2) is 15.0 Å². The Morgan fingerprint density at radius 1 is 1.11 bits per heavy atom. The number of aryl methyl sites for hydroxylation is 2. The van der Waals surface area contributed by atoms with Crippen molar-refractivity contribution < 1.29 is 9.47 Å². The summed E-state index contributed by atoms with van der Waals surface area (Å²) < 4.78 is 14.0. The van der Waals surface area contributed by atoms with Crippen LogP contribution in [0.2, 0.25) is 0 Å². The highest BCUT2D eigenvalue weighted by atomic mass is 16.5. The van der Waals surface area contributed by atoms with E-state index in [4.69, 9.17) is 14.5 Å². The Hall–Kier alpha value is -4.04. The van der Waals surface area contributed by atoms with Crippen molar-refractivity contribution >= 4 is 11.6 Å². The first-order valence-corrected chi connectivity index (χ1v) is 12.2. The normalized spacial score (nSPS) is 14.8. The van der Waals surface area contributed by atoms with Gasteiger partial charge in [-0.3, -0.25) is 4.98 Å². The topological polar surface area (TPSA) is 87.0 Å². The number of imidazole rings is 1. The van der Waals surface area contributed by atoms with E-state index in [1.54, 1.807) is 12.5 Å². The third kappa shape index (κ3) is 6.34. The van der Waals surface area contributed by atoms with Crippen LogP contribution in [0.1, 0.15) is 29.7 Å². The van der Waals surface area contributed by atoms with Crippen LogP contribution < -0.4 is 10.1 Å². The molecule has 1 aromatic carbocycles. The fourth-order valence-corrected chi connectivity index (χ4v) is 4.11. The average Bonchev–Trinajstić information content (AvgIpc) is 3.40. The number of rotatable bonds is 4. The van der Waals surface area contributed by atoms with Gasteiger partial charge in [0.2, 0.25) is 5.95 Å². The minimum absolute atomic E-state index is 0.478. The molecular formula is C28H30N6O2. The van der Waals surface area contributed by atoms with Crippen molar-refractivity contribution in [1.29, 1.82) is 0 Å². The molecule has 8 nitrogen and oxygen atoms in total. The number of benzene rings is 1. The molecule has 0 atom stereocenters. The number of nitrogens with one attached hydrogen (secondary N) is 1. The second-order valence-electron chi connectivity index (χ2n) is 8.78. The first-order chi connectivity index (χ1) is 17.7. The van der Waals surface area contributed by atoms with Gasteiger partial charge >= 0.3 is 0 Å². The van der Waals surface area contributed by atoms with E-state index in [2.05, 4.69) is 38.5 Å². The highest BCUT2D eigenvalue weighted by Crippen LogP contribution is 2.27. The number of anilines is 2. The second kappa shape index (κ2) is 11.6. The van der Waals surface area contributed by atoms with Crippen LogP contribution in [-0.2, 0) is 24.3 Å². The van der Waals surface area contributed by atoms with E-state index in [-0.39, 0.29) is 0 Å². The number of ether oxygens (including phenoxy) is 2. The summed E-state index contributed by atoms with van der Waals surface area (Å²) in [4.78, 5) is 18.0. The summed E-state index contributed by atoms with van der Waals surface area (Å²) in [6, 6.07) is 10.2. The molecule has 0 saturated carbocycles. The number of fused-ring (bicyclic) bond motifs is 7. The second-order valence-corrected chi connectivity index (χ2v) is 8.78. The molecule has 3 aromatic heterocycles. The Kier molecular flexibility index (Phi) is 7.63. The van der Waals surface area contributed by atoms with E-state index >= 15 is 0 Å². The van der Waals surface area contributed by atoms with Crippen molar-refractivity contribution in [2.75, 3.05) is 18.5 Å². The van der Waals surface area contributed by atoms with Crippen LogP contribution in [0, 0.1) is 6.92 Å². The van der Waals surface area contributed by atoms with E-state index in [0.717, 1.165) is 58.8 Å². The molecule has 1 aliphatic rings. The van der Waals surface area contributed by atoms with Crippen molar-refractivity contribution in [3.05, 3.63) is 90.4 Å². The molecule has 1 aliphatic heterocycles. The lowest BCUT2D eigenvalue weighted by Crippen LogP contribution is -2.07. The summed E-state index contributed by atoms with van der Waals surface area (Å²) in [5, 5.41) is 3.36. The third-order valence-electron chi connectivity index (χ3n) is 5.91. The molecule has 1 N–H and O–H groups in total. The summed E-state index contributed by atoms with van der Waals surface area (Å²) in [6.07, 6.45) is 16.4. The van der Waals surface area contributed by atoms with Gasteiger partial charge < -0.3 is 19.4 Å². The first-order valence-electron chi connectivity index (χ1n) is 12.2. The Bertz CT molecular complexity index is 1320. The van der Waals surface area contributed by atoms with Crippen molar-refractivity contribution in [1.82, 2.24) is 24.5 Å². The maximum absolute atomic E-state index is 6.07. The molecule has 0 amide bonds. The smallest absolute Gasteiger partial charge is 0.227 e. The highest BCUT2D eigenvalue weighted by Gasteiger charge is 2.10. The highest BCUT2D eigenvalue weighted by molar-refractivity contribution is 5.65. The fourth-order valence-electron chi connectivity index (χ4n) is 4.11. The van der Waals surface area contributed by atoms with E-state index < -0.39 is 0 Å². The van der Waals surface area contributed by atoms with Gasteiger partial charge in [-0.1, -0.05) is 12.2 Å². The fraction of sp³-hybridized carbons (Fsp3) is 0.286. The van der Waals surface area contributed by atoms with Crippen molar-refractivity contribution in [2.45, 2.75) is 39.3 Å². The van der Waals surface area contributed by atoms with Crippen molar-refractivity contribution in [3.8, 4) is 17.0 Å². The molecule has 6 bridgehead atoms. The molecule has 0 saturated heterocycles. The molecule has 4 aromatic rings. The zero-order valence-corrected chi connectivity index (χ0v) is 20.4. The summed E-state index contributed by atoms with van der Waals surface area (Å²) in [5.74, 6) is 1.29. The summed E-state index contributed by atoms with van der Waals surface area (Å²) in [6.45, 7) is 4.31. The third-order valence-corrected chi connectivity index (χ3v) is 5.91. The predicted molar refractivity (Wildman–Crippen MR) is 139 cm³/mol. The van der Waals surface area contributed by atoms with Crippen molar-refractivity contribution in [3.63, 3.8) is 0 Å². The Morgan fingerprint density at radius 2 is 2.08 bits per heavy atom. The lowest BCUT2D eigenvalue weighted by Gasteiger charge is -2.14. The van der Waals surface area contributed by atoms with Crippen molar-refractivity contribution in [2.24, 2.45) is 0 Å². The number of hydrogen-bond acceptors (Lipinski definition) is 7. The monoisotopic (exact) mass is 482 g/mol. The predicted octanol–water partition coefficient (Wildman–Crippen LogP) is 5.28. The van der Waals surface area contributed by atoms with Crippen LogP contribution in [0.5, 0.6) is 5.75 Å². The van der Waals surface area contributed by atoms with Gasteiger partial charge in [-0.05, 0) is 61.6 Å². The first kappa shape index (κ1) is 23.7. The van der Waals surface area contributed by atoms with E-state index in [1.807, 2.05) is 54.3 Å². The van der Waals surface area contributed by atoms with Crippen LogP contribution in [0.15, 0.2) is 73.6 Å².